The van der Waals surface area contributed by atoms with Crippen molar-refractivity contribution < 1.29 is 4.74 Å². The Bertz CT molecular complexity index is 522. The molecule has 19 heavy (non-hydrogen) atoms. The van der Waals surface area contributed by atoms with E-state index < -0.39 is 0 Å². The highest BCUT2D eigenvalue weighted by atomic mass is 16.5. The van der Waals surface area contributed by atoms with Gasteiger partial charge in [-0.05, 0) is 44.2 Å². The molecule has 1 atom stereocenters. The Morgan fingerprint density at radius 2 is 1.79 bits per heavy atom. The van der Waals surface area contributed by atoms with E-state index in [2.05, 4.69) is 37.4 Å². The zero-order chi connectivity index (χ0) is 13.7. The van der Waals surface area contributed by atoms with Crippen LogP contribution in [0.2, 0.25) is 0 Å². The molecule has 0 fully saturated rings. The van der Waals surface area contributed by atoms with Gasteiger partial charge in [-0.3, -0.25) is 0 Å². The zero-order valence-electron chi connectivity index (χ0n) is 11.8. The fourth-order valence-corrected chi connectivity index (χ4v) is 2.16. The first-order chi connectivity index (χ1) is 9.20. The van der Waals surface area contributed by atoms with Crippen molar-refractivity contribution in [2.24, 2.45) is 0 Å². The number of rotatable bonds is 5. The number of nitrogens with one attached hydrogen (secondary N) is 1. The molecule has 2 heteroatoms. The van der Waals surface area contributed by atoms with Crippen LogP contribution in [0.4, 0.5) is 0 Å². The van der Waals surface area contributed by atoms with Gasteiger partial charge in [0, 0.05) is 0 Å². The normalized spacial score (nSPS) is 12.2. The van der Waals surface area contributed by atoms with Gasteiger partial charge in [-0.2, -0.15) is 0 Å². The van der Waals surface area contributed by atoms with Gasteiger partial charge in [0.1, 0.15) is 12.4 Å². The van der Waals surface area contributed by atoms with Gasteiger partial charge in [0.15, 0.2) is 0 Å². The first kappa shape index (κ1) is 13.6. The molecule has 0 heterocycles. The van der Waals surface area contributed by atoms with Crippen LogP contribution >= 0.6 is 0 Å². The van der Waals surface area contributed by atoms with Crippen LogP contribution in [0.25, 0.3) is 0 Å². The third kappa shape index (κ3) is 3.58. The minimum atomic E-state index is 0.208. The van der Waals surface area contributed by atoms with Gasteiger partial charge in [0.2, 0.25) is 0 Å². The summed E-state index contributed by atoms with van der Waals surface area (Å²) in [6, 6.07) is 16.7. The summed E-state index contributed by atoms with van der Waals surface area (Å²) < 4.78 is 5.85. The Balaban J connectivity index is 2.10. The van der Waals surface area contributed by atoms with E-state index in [1.165, 1.54) is 16.7 Å². The Labute approximate surface area is 115 Å². The SMILES string of the molecule is CNC(COc1ccccc1)c1cc(C)ccc1C. The molecule has 0 aromatic heterocycles. The van der Waals surface area contributed by atoms with Crippen LogP contribution in [-0.2, 0) is 0 Å². The maximum absolute atomic E-state index is 5.85. The number of aryl methyl sites for hydroxylation is 2. The second kappa shape index (κ2) is 6.39. The molecule has 2 aromatic rings. The summed E-state index contributed by atoms with van der Waals surface area (Å²) in [5.74, 6) is 0.910. The average Bonchev–Trinajstić information content (AvgIpc) is 2.44. The topological polar surface area (TPSA) is 21.3 Å². The molecule has 0 bridgehead atoms. The third-order valence-electron chi connectivity index (χ3n) is 3.32. The summed E-state index contributed by atoms with van der Waals surface area (Å²) in [5.41, 5.74) is 3.88. The molecule has 0 radical (unpaired) electrons. The summed E-state index contributed by atoms with van der Waals surface area (Å²) in [4.78, 5) is 0. The Morgan fingerprint density at radius 3 is 2.47 bits per heavy atom. The summed E-state index contributed by atoms with van der Waals surface area (Å²) in [7, 11) is 1.97. The molecule has 0 aliphatic heterocycles. The first-order valence-corrected chi connectivity index (χ1v) is 6.63. The van der Waals surface area contributed by atoms with Crippen LogP contribution in [-0.4, -0.2) is 13.7 Å². The quantitative estimate of drug-likeness (QED) is 0.880. The fraction of sp³-hybridized carbons (Fsp3) is 0.294. The van der Waals surface area contributed by atoms with Crippen LogP contribution in [0.1, 0.15) is 22.7 Å². The first-order valence-electron chi connectivity index (χ1n) is 6.63. The number of likely N-dealkylation sites (N-methyl/N-ethyl adjacent to an activating group) is 1. The second-order valence-electron chi connectivity index (χ2n) is 4.83. The lowest BCUT2D eigenvalue weighted by atomic mass is 9.99. The summed E-state index contributed by atoms with van der Waals surface area (Å²) in [6.07, 6.45) is 0. The predicted octanol–water partition coefficient (Wildman–Crippen LogP) is 3.64. The monoisotopic (exact) mass is 255 g/mol. The number of hydrogen-bond acceptors (Lipinski definition) is 2. The van der Waals surface area contributed by atoms with Crippen LogP contribution < -0.4 is 10.1 Å². The van der Waals surface area contributed by atoms with Crippen LogP contribution in [0.15, 0.2) is 48.5 Å². The van der Waals surface area contributed by atoms with Crippen molar-refractivity contribution in [1.29, 1.82) is 0 Å². The number of para-hydroxylation sites is 1. The van der Waals surface area contributed by atoms with Gasteiger partial charge in [-0.25, -0.2) is 0 Å². The van der Waals surface area contributed by atoms with E-state index in [0.29, 0.717) is 6.61 Å². The highest BCUT2D eigenvalue weighted by Gasteiger charge is 2.12. The van der Waals surface area contributed by atoms with Crippen molar-refractivity contribution in [2.45, 2.75) is 19.9 Å². The van der Waals surface area contributed by atoms with E-state index in [1.807, 2.05) is 37.4 Å². The van der Waals surface area contributed by atoms with Gasteiger partial charge in [-0.1, -0.05) is 42.0 Å². The predicted molar refractivity (Wildman–Crippen MR) is 79.7 cm³/mol. The molecule has 0 amide bonds. The lowest BCUT2D eigenvalue weighted by Crippen LogP contribution is -2.24. The minimum Gasteiger partial charge on any atom is -0.492 e. The molecular formula is C17H21NO. The highest BCUT2D eigenvalue weighted by molar-refractivity contribution is 5.33. The van der Waals surface area contributed by atoms with E-state index in [9.17, 15) is 0 Å². The second-order valence-corrected chi connectivity index (χ2v) is 4.83. The molecule has 1 N–H and O–H groups in total. The lowest BCUT2D eigenvalue weighted by molar-refractivity contribution is 0.272. The molecular weight excluding hydrogens is 234 g/mol. The van der Waals surface area contributed by atoms with Crippen molar-refractivity contribution in [1.82, 2.24) is 5.32 Å². The molecule has 100 valence electrons. The minimum absolute atomic E-state index is 0.208. The maximum atomic E-state index is 5.85. The Hall–Kier alpha value is -1.80. The van der Waals surface area contributed by atoms with Crippen molar-refractivity contribution in [2.75, 3.05) is 13.7 Å². The van der Waals surface area contributed by atoms with E-state index in [1.54, 1.807) is 0 Å². The van der Waals surface area contributed by atoms with E-state index in [0.717, 1.165) is 5.75 Å². The van der Waals surface area contributed by atoms with Crippen LogP contribution in [0.3, 0.4) is 0 Å². The van der Waals surface area contributed by atoms with E-state index >= 15 is 0 Å². The van der Waals surface area contributed by atoms with Gasteiger partial charge in [0.25, 0.3) is 0 Å². The molecule has 0 aliphatic rings. The number of hydrogen-bond donors (Lipinski definition) is 1. The van der Waals surface area contributed by atoms with Gasteiger partial charge >= 0.3 is 0 Å². The lowest BCUT2D eigenvalue weighted by Gasteiger charge is -2.20. The smallest absolute Gasteiger partial charge is 0.119 e. The van der Waals surface area contributed by atoms with Crippen molar-refractivity contribution in [3.63, 3.8) is 0 Å². The molecule has 0 aliphatic carbocycles. The van der Waals surface area contributed by atoms with Crippen LogP contribution in [0, 0.1) is 13.8 Å². The van der Waals surface area contributed by atoms with Crippen LogP contribution in [0.5, 0.6) is 5.75 Å². The van der Waals surface area contributed by atoms with Crippen molar-refractivity contribution in [3.8, 4) is 5.75 Å². The molecule has 0 saturated carbocycles. The van der Waals surface area contributed by atoms with Crippen molar-refractivity contribution >= 4 is 0 Å². The highest BCUT2D eigenvalue weighted by Crippen LogP contribution is 2.20. The fourth-order valence-electron chi connectivity index (χ4n) is 2.16. The zero-order valence-corrected chi connectivity index (χ0v) is 11.8. The third-order valence-corrected chi connectivity index (χ3v) is 3.32. The Kier molecular flexibility index (Phi) is 4.58. The van der Waals surface area contributed by atoms with Gasteiger partial charge < -0.3 is 10.1 Å². The maximum Gasteiger partial charge on any atom is 0.119 e. The van der Waals surface area contributed by atoms with Crippen molar-refractivity contribution in [3.05, 3.63) is 65.2 Å². The number of ether oxygens (including phenoxy) is 1. The standard InChI is InChI=1S/C17H21NO/c1-13-9-10-14(2)16(11-13)17(18-3)12-19-15-7-5-4-6-8-15/h4-11,17-18H,12H2,1-3H3. The molecule has 2 aromatic carbocycles. The summed E-state index contributed by atoms with van der Waals surface area (Å²) in [5, 5.41) is 3.33. The molecule has 2 rings (SSSR count). The van der Waals surface area contributed by atoms with Gasteiger partial charge in [-0.15, -0.1) is 0 Å². The number of benzene rings is 2. The van der Waals surface area contributed by atoms with E-state index in [-0.39, 0.29) is 6.04 Å². The summed E-state index contributed by atoms with van der Waals surface area (Å²) >= 11 is 0. The largest absolute Gasteiger partial charge is 0.492 e. The molecule has 0 saturated heterocycles. The molecule has 2 nitrogen and oxygen atoms in total. The van der Waals surface area contributed by atoms with Gasteiger partial charge in [0.05, 0.1) is 6.04 Å². The average molecular weight is 255 g/mol. The molecule has 0 spiro atoms. The summed E-state index contributed by atoms with van der Waals surface area (Å²) in [6.45, 7) is 4.89. The molecule has 1 unspecified atom stereocenters. The van der Waals surface area contributed by atoms with E-state index in [4.69, 9.17) is 4.74 Å². The Morgan fingerprint density at radius 1 is 1.05 bits per heavy atom.